The summed E-state index contributed by atoms with van der Waals surface area (Å²) in [4.78, 5) is 26.6. The largest absolute Gasteiger partial charge is 0.494 e. The van der Waals surface area contributed by atoms with Gasteiger partial charge in [0.15, 0.2) is 11.8 Å². The first-order valence-corrected chi connectivity index (χ1v) is 18.9. The maximum Gasteiger partial charge on any atom is 0.264 e. The summed E-state index contributed by atoms with van der Waals surface area (Å²) in [7, 11) is 0. The Balaban J connectivity index is 0.000000161. The van der Waals surface area contributed by atoms with Gasteiger partial charge in [-0.2, -0.15) is 0 Å². The van der Waals surface area contributed by atoms with Gasteiger partial charge < -0.3 is 20.2 Å². The van der Waals surface area contributed by atoms with Gasteiger partial charge in [-0.25, -0.2) is 0 Å². The zero-order chi connectivity index (χ0) is 38.6. The van der Waals surface area contributed by atoms with Gasteiger partial charge in [0.1, 0.15) is 0 Å². The van der Waals surface area contributed by atoms with Gasteiger partial charge in [-0.1, -0.05) is 84.9 Å². The monoisotopic (exact) mass is 846 g/mol. The van der Waals surface area contributed by atoms with Crippen LogP contribution in [0.1, 0.15) is 16.8 Å². The number of halogens is 1. The Morgan fingerprint density at radius 1 is 0.571 bits per heavy atom. The zero-order valence-corrected chi connectivity index (χ0v) is 32.3. The predicted octanol–water partition coefficient (Wildman–Crippen LogP) is 11.0. The quantitative estimate of drug-likeness (QED) is 0.0807. The molecule has 3 heterocycles. The molecule has 10 heteroatoms. The minimum absolute atomic E-state index is 0.0844. The Bertz CT molecular complexity index is 2910. The van der Waals surface area contributed by atoms with Gasteiger partial charge in [-0.05, 0) is 112 Å². The smallest absolute Gasteiger partial charge is 0.264 e. The van der Waals surface area contributed by atoms with E-state index in [2.05, 4.69) is 78.0 Å². The van der Waals surface area contributed by atoms with Crippen LogP contribution in [0.4, 0.5) is 11.4 Å². The van der Waals surface area contributed by atoms with Crippen LogP contribution >= 0.6 is 22.6 Å². The zero-order valence-electron chi connectivity index (χ0n) is 30.1. The van der Waals surface area contributed by atoms with Crippen molar-refractivity contribution < 1.29 is 10.2 Å². The third-order valence-electron chi connectivity index (χ3n) is 9.38. The molecule has 0 fully saturated rings. The van der Waals surface area contributed by atoms with Gasteiger partial charge in [0, 0.05) is 49.6 Å². The summed E-state index contributed by atoms with van der Waals surface area (Å²) < 4.78 is 2.89. The van der Waals surface area contributed by atoms with Gasteiger partial charge in [-0.15, -0.1) is 0 Å². The van der Waals surface area contributed by atoms with Crippen molar-refractivity contribution >= 4 is 68.2 Å². The number of aliphatic imine (C=N–C) groups is 2. The summed E-state index contributed by atoms with van der Waals surface area (Å²) in [6, 6.07) is 49.5. The minimum Gasteiger partial charge on any atom is -0.494 e. The number of aryl methyl sites for hydroxylation is 1. The molecule has 0 aliphatic heterocycles. The molecule has 0 aliphatic rings. The Kier molecular flexibility index (Phi) is 10.2. The van der Waals surface area contributed by atoms with Crippen molar-refractivity contribution in [3.05, 3.63) is 182 Å². The van der Waals surface area contributed by atoms with Crippen LogP contribution in [0.5, 0.6) is 11.8 Å². The highest BCUT2D eigenvalue weighted by atomic mass is 127. The number of aromatic nitrogens is 4. The fraction of sp³-hybridized carbons (Fsp3) is 0.0217. The molecule has 0 aliphatic carbocycles. The maximum absolute atomic E-state index is 11.5. The lowest BCUT2D eigenvalue weighted by molar-refractivity contribution is 0.457. The lowest BCUT2D eigenvalue weighted by Gasteiger charge is -2.05. The Morgan fingerprint density at radius 2 is 1.04 bits per heavy atom. The van der Waals surface area contributed by atoms with Crippen LogP contribution in [0.25, 0.3) is 49.7 Å². The second kappa shape index (κ2) is 15.8. The summed E-state index contributed by atoms with van der Waals surface area (Å²) in [6.45, 7) is 1.87. The van der Waals surface area contributed by atoms with E-state index in [0.717, 1.165) is 66.8 Å². The number of aromatic amines is 3. The third kappa shape index (κ3) is 7.82. The summed E-state index contributed by atoms with van der Waals surface area (Å²) in [5, 5.41) is 25.3. The lowest BCUT2D eigenvalue weighted by Crippen LogP contribution is -2.03. The van der Waals surface area contributed by atoms with E-state index in [1.807, 2.05) is 122 Å². The molecule has 9 aromatic rings. The number of benzene rings is 6. The number of aromatic hydroxyl groups is 2. The van der Waals surface area contributed by atoms with Crippen LogP contribution < -0.4 is 5.56 Å². The van der Waals surface area contributed by atoms with Gasteiger partial charge in [0.05, 0.1) is 28.2 Å². The lowest BCUT2D eigenvalue weighted by atomic mass is 10.0. The van der Waals surface area contributed by atoms with Gasteiger partial charge in [-0.3, -0.25) is 24.6 Å². The SMILES string of the molecule is Cc1cc(=O)[nH]n1-c1ccc(N=Cc2c(O)[nH]c3cc(-c4ccccc4)ccc23)cc1.Oc1[nH]c2cc(-c3ccccc3)ccc2c1C=Nc1ccc(I)cc1. The number of nitrogens with one attached hydrogen (secondary N) is 3. The maximum atomic E-state index is 11.5. The van der Waals surface area contributed by atoms with Gasteiger partial charge in [0.25, 0.3) is 5.56 Å². The number of hydrogen-bond donors (Lipinski definition) is 5. The molecule has 9 rings (SSSR count). The molecule has 0 amide bonds. The Labute approximate surface area is 335 Å². The molecule has 274 valence electrons. The highest BCUT2D eigenvalue weighted by molar-refractivity contribution is 14.1. The predicted molar refractivity (Wildman–Crippen MR) is 236 cm³/mol. The number of hydrogen-bond acceptors (Lipinski definition) is 5. The van der Waals surface area contributed by atoms with E-state index in [0.29, 0.717) is 11.1 Å². The topological polar surface area (TPSA) is 135 Å². The van der Waals surface area contributed by atoms with Crippen LogP contribution in [0, 0.1) is 10.5 Å². The molecule has 0 saturated heterocycles. The minimum atomic E-state index is -0.134. The van der Waals surface area contributed by atoms with Crippen LogP contribution in [-0.2, 0) is 0 Å². The van der Waals surface area contributed by atoms with Crippen molar-refractivity contribution in [3.63, 3.8) is 0 Å². The summed E-state index contributed by atoms with van der Waals surface area (Å²) in [5.74, 6) is 0.218. The van der Waals surface area contributed by atoms with Crippen LogP contribution in [0.3, 0.4) is 0 Å². The van der Waals surface area contributed by atoms with E-state index < -0.39 is 0 Å². The van der Waals surface area contributed by atoms with E-state index in [-0.39, 0.29) is 17.3 Å². The molecule has 0 unspecified atom stereocenters. The number of rotatable bonds is 7. The van der Waals surface area contributed by atoms with Crippen molar-refractivity contribution in [1.82, 2.24) is 19.7 Å². The molecule has 0 spiro atoms. The van der Waals surface area contributed by atoms with Crippen molar-refractivity contribution in [2.24, 2.45) is 9.98 Å². The highest BCUT2D eigenvalue weighted by Crippen LogP contribution is 2.32. The third-order valence-corrected chi connectivity index (χ3v) is 10.1. The summed E-state index contributed by atoms with van der Waals surface area (Å²) in [6.07, 6.45) is 3.37. The molecule has 9 nitrogen and oxygen atoms in total. The molecular weight excluding hydrogens is 811 g/mol. The molecular formula is C46H35IN6O3. The van der Waals surface area contributed by atoms with E-state index >= 15 is 0 Å². The average molecular weight is 847 g/mol. The highest BCUT2D eigenvalue weighted by Gasteiger charge is 2.12. The molecule has 0 bridgehead atoms. The second-order valence-electron chi connectivity index (χ2n) is 13.1. The standard InChI is InChI=1S/C25H20N4O2.C21H15IN2O/c1-16-13-24(30)28-29(16)20-10-8-19(9-11-20)26-15-22-21-12-7-18(14-23(21)27-25(22)31)17-5-3-2-4-6-17;22-16-7-9-17(10-8-16)23-13-19-18-11-6-15(12-20(18)24-21(19)25)14-4-2-1-3-5-14/h2-15,27,31H,1H3,(H,28,30);1-13,24-25H. The number of fused-ring (bicyclic) bond motifs is 2. The van der Waals surface area contributed by atoms with Crippen LogP contribution in [0.2, 0.25) is 0 Å². The van der Waals surface area contributed by atoms with Crippen LogP contribution in [0.15, 0.2) is 166 Å². The first-order valence-electron chi connectivity index (χ1n) is 17.8. The van der Waals surface area contributed by atoms with Gasteiger partial charge in [0.2, 0.25) is 0 Å². The van der Waals surface area contributed by atoms with E-state index in [1.165, 1.54) is 3.57 Å². The molecule has 6 aromatic carbocycles. The van der Waals surface area contributed by atoms with E-state index in [1.54, 1.807) is 23.2 Å². The van der Waals surface area contributed by atoms with E-state index in [4.69, 9.17) is 0 Å². The Hall–Kier alpha value is -6.92. The Morgan fingerprint density at radius 3 is 1.48 bits per heavy atom. The summed E-state index contributed by atoms with van der Waals surface area (Å²) >= 11 is 2.26. The molecule has 56 heavy (non-hydrogen) atoms. The first kappa shape index (κ1) is 36.1. The van der Waals surface area contributed by atoms with Crippen LogP contribution in [-0.4, -0.2) is 42.4 Å². The normalized spacial score (nSPS) is 11.5. The molecule has 0 saturated carbocycles. The van der Waals surface area contributed by atoms with Gasteiger partial charge >= 0.3 is 0 Å². The summed E-state index contributed by atoms with van der Waals surface area (Å²) in [5.41, 5.74) is 10.7. The number of nitrogens with zero attached hydrogens (tertiary/aromatic N) is 3. The second-order valence-corrected chi connectivity index (χ2v) is 14.4. The number of H-pyrrole nitrogens is 3. The van der Waals surface area contributed by atoms with Crippen molar-refractivity contribution in [3.8, 4) is 39.7 Å². The van der Waals surface area contributed by atoms with Crippen molar-refractivity contribution in [2.75, 3.05) is 0 Å². The molecule has 0 atom stereocenters. The van der Waals surface area contributed by atoms with E-state index in [9.17, 15) is 15.0 Å². The molecule has 3 aromatic heterocycles. The molecule has 0 radical (unpaired) electrons. The first-order chi connectivity index (χ1) is 27.3. The molecule has 5 N–H and O–H groups in total. The fourth-order valence-corrected chi connectivity index (χ4v) is 6.90. The average Bonchev–Trinajstić information content (AvgIpc) is 3.86. The fourth-order valence-electron chi connectivity index (χ4n) is 6.54. The van der Waals surface area contributed by atoms with Crippen molar-refractivity contribution in [1.29, 1.82) is 0 Å². The van der Waals surface area contributed by atoms with Crippen molar-refractivity contribution in [2.45, 2.75) is 6.92 Å².